The van der Waals surface area contributed by atoms with E-state index in [9.17, 15) is 38.4 Å². The Morgan fingerprint density at radius 2 is 0.863 bits per heavy atom. The van der Waals surface area contributed by atoms with Crippen LogP contribution in [-0.2, 0) is 60.0 Å². The number of carbonyl (C=O) groups is 6. The Labute approximate surface area is 838 Å². The number of hydrogen-bond acceptors (Lipinski definition) is 24. The maximum absolute atomic E-state index is 13.4. The molecule has 2 atom stereocenters. The van der Waals surface area contributed by atoms with E-state index in [1.54, 1.807) is 140 Å². The van der Waals surface area contributed by atoms with Crippen LogP contribution in [0.4, 0.5) is 5.69 Å². The van der Waals surface area contributed by atoms with E-state index in [2.05, 4.69) is 56.8 Å². The Kier molecular flexibility index (Phi) is 54.0. The van der Waals surface area contributed by atoms with Gasteiger partial charge in [-0.2, -0.15) is 0 Å². The van der Waals surface area contributed by atoms with E-state index in [4.69, 9.17) is 147 Å². The van der Waals surface area contributed by atoms with Gasteiger partial charge in [-0.05, 0) is 228 Å². The number of esters is 3. The van der Waals surface area contributed by atoms with Crippen molar-refractivity contribution in [2.45, 2.75) is 85.1 Å². The fourth-order valence-electron chi connectivity index (χ4n) is 12.6. The number of fused-ring (bicyclic) bond motifs is 6. The largest absolute Gasteiger partial charge is 1.00 e. The molecule has 0 radical (unpaired) electrons. The molecule has 10 N–H and O–H groups in total. The smallest absolute Gasteiger partial charge is 0.870 e. The monoisotopic (exact) mass is 2110 g/mol. The summed E-state index contributed by atoms with van der Waals surface area (Å²) in [5, 5.41) is 22.3. The number of anilines is 1. The van der Waals surface area contributed by atoms with Crippen LogP contribution in [0.15, 0.2) is 177 Å². The number of amides is 1. The average Bonchev–Trinajstić information content (AvgIpc) is 1.65. The number of thioether (sulfide) groups is 2. The number of aliphatic hydroxyl groups is 1. The third-order valence-electron chi connectivity index (χ3n) is 18.8. The zero-order chi connectivity index (χ0) is 95.5. The molecule has 0 bridgehead atoms. The van der Waals surface area contributed by atoms with E-state index in [0.717, 1.165) is 79.6 Å². The number of aliphatic hydroxyl groups excluding tert-OH is 1. The Hall–Kier alpha value is -8.17. The maximum Gasteiger partial charge on any atom is 1.00 e. The molecule has 12 rings (SSSR count). The number of nitrogen functional groups attached to an aromatic ring is 1. The van der Waals surface area contributed by atoms with Gasteiger partial charge in [0.05, 0.1) is 145 Å². The van der Waals surface area contributed by atoms with Gasteiger partial charge in [0, 0.05) is 61.3 Å². The number of aromatic carboxylic acids is 1. The summed E-state index contributed by atoms with van der Waals surface area (Å²) in [7, 11) is 20.9. The number of carboxylic acids is 1. The van der Waals surface area contributed by atoms with Crippen molar-refractivity contribution in [2.75, 3.05) is 82.2 Å². The molecular weight excluding hydrogens is 2020 g/mol. The summed E-state index contributed by atoms with van der Waals surface area (Å²) in [6.07, 6.45) is 6.37. The zero-order valence-electron chi connectivity index (χ0n) is 73.0. The van der Waals surface area contributed by atoms with Crippen LogP contribution < -0.4 is 74.9 Å². The Morgan fingerprint density at radius 1 is 0.496 bits per heavy atom. The zero-order valence-corrected chi connectivity index (χ0v) is 84.6. The number of nitrogens with one attached hydrogen (secondary N) is 1. The van der Waals surface area contributed by atoms with Gasteiger partial charge < -0.3 is 80.6 Å². The van der Waals surface area contributed by atoms with Crippen molar-refractivity contribution in [3.05, 3.63) is 292 Å². The molecule has 0 saturated heterocycles. The van der Waals surface area contributed by atoms with Gasteiger partial charge in [-0.15, -0.1) is 46.7 Å². The van der Waals surface area contributed by atoms with Crippen LogP contribution in [0.25, 0.3) is 22.3 Å². The molecule has 2 aliphatic carbocycles. The number of methoxy groups -OCH3 is 9. The van der Waals surface area contributed by atoms with Gasteiger partial charge in [-0.3, -0.25) is 19.2 Å². The molecule has 2 aliphatic rings. The van der Waals surface area contributed by atoms with Crippen molar-refractivity contribution in [3.8, 4) is 56.8 Å². The molecule has 40 heteroatoms. The molecule has 10 aromatic carbocycles. The first-order valence-electron chi connectivity index (χ1n) is 37.6. The summed E-state index contributed by atoms with van der Waals surface area (Å²) in [5.74, 6) is 1.23. The molecular formula is C91H93BrCl10LiN3O22S3. The van der Waals surface area contributed by atoms with Gasteiger partial charge in [-0.25, -0.2) is 23.4 Å². The number of carbonyl (C=O) groups excluding carboxylic acids is 5. The summed E-state index contributed by atoms with van der Waals surface area (Å²) in [4.78, 5) is 95.0. The van der Waals surface area contributed by atoms with Crippen LogP contribution >= 0.6 is 154 Å². The van der Waals surface area contributed by atoms with Gasteiger partial charge in [0.25, 0.3) is 11.1 Å². The van der Waals surface area contributed by atoms with Crippen LogP contribution in [0.3, 0.4) is 0 Å². The second kappa shape index (κ2) is 59.5. The predicted octanol–water partition coefficient (Wildman–Crippen LogP) is 18.5. The Balaban J connectivity index is 0.000000541. The van der Waals surface area contributed by atoms with Gasteiger partial charge in [0.2, 0.25) is 20.7 Å². The second-order valence-corrected chi connectivity index (χ2v) is 34.5. The third kappa shape index (κ3) is 33.7. The molecule has 131 heavy (non-hydrogen) atoms. The van der Waals surface area contributed by atoms with Crippen LogP contribution in [0.2, 0.25) is 25.1 Å². The third-order valence-corrected chi connectivity index (χ3v) is 23.5. The number of carboxylic acid groups (broad SMARTS) is 1. The van der Waals surface area contributed by atoms with E-state index in [1.165, 1.54) is 57.0 Å². The number of nitrogens with two attached hydrogens (primary N) is 2. The summed E-state index contributed by atoms with van der Waals surface area (Å²) in [5.41, 5.74) is 26.2. The van der Waals surface area contributed by atoms with Gasteiger partial charge >= 0.3 is 42.7 Å². The second-order valence-electron chi connectivity index (χ2n) is 26.8. The van der Waals surface area contributed by atoms with Gasteiger partial charge in [0.1, 0.15) is 0 Å². The van der Waals surface area contributed by atoms with Gasteiger partial charge in [-0.1, -0.05) is 134 Å². The maximum atomic E-state index is 13.4. The summed E-state index contributed by atoms with van der Waals surface area (Å²) < 4.78 is 56.6. The Morgan fingerprint density at radius 3 is 1.28 bits per heavy atom. The molecule has 0 aromatic heterocycles. The number of alkyl halides is 3. The first kappa shape index (κ1) is 119. The standard InChI is InChI=1S/C28H27Cl2NO5S.C20H23NO4S.C9H8BrClO2.C9H9ClO2.C9H11NO2.C8H5Cl3O.C8H7ClO3.Cl2OS.Li.2H2O/c1-34-23-12-16-6-9-21(31-28(33)19-11-15(14-29)5-8-20(19)30)18-13-22(32)24(37-4)10-7-17(18)25(16)27(36-3)26(23)35-2;1-23-16-9-11-5-7-14(21)13-10-15(22)17(26-4)8-6-12(13)18(11)20(25-3)19(16)24-2;1-13-9(12)7-4-6(5-10)2-3-8(7)11;2*1-6-3-4-8(10)7(5-6)9(11)12-2;9-4-5-1-2-7(10)6(3-5)8(11)12;9-7-2-1-5(4-10)3-6(7)8(11)12;1-4(2)3;;;/h5,7-8,10-13,21H,6,9,14H2,1-4H3,(H,31,33);6,8-10,14H,5,7,21H2,1-4H3;2-4H,5H2,1H3;3-5H,1-2H3;3-5H,10H2,1-2H3;1-3H,4H2;1-3,10H,4H2,(H,11,12);;;2*1H2/q;;;;;;;;+1;;/p-1/t21-;14-;;;;;;;;;/m00........./s1. The van der Waals surface area contributed by atoms with Crippen molar-refractivity contribution in [2.24, 2.45) is 5.73 Å². The molecule has 700 valence electrons. The molecule has 0 saturated carbocycles. The normalized spacial score (nSPS) is 11.9. The summed E-state index contributed by atoms with van der Waals surface area (Å²) in [6.45, 7) is 3.60. The minimum atomic E-state index is -1.67. The van der Waals surface area contributed by atoms with Crippen molar-refractivity contribution in [1.82, 2.24) is 5.32 Å². The first-order valence-corrected chi connectivity index (χ1v) is 47.3. The van der Waals surface area contributed by atoms with Crippen molar-refractivity contribution < 1.29 is 116 Å². The molecule has 1 amide bonds. The number of hydrogen-bond donors (Lipinski definition) is 5. The molecule has 0 unspecified atom stereocenters. The summed E-state index contributed by atoms with van der Waals surface area (Å²) >= 11 is 52.1. The molecule has 0 aliphatic heterocycles. The quantitative estimate of drug-likeness (QED) is 0.00954. The van der Waals surface area contributed by atoms with E-state index < -0.39 is 44.4 Å². The SMILES string of the molecule is COC(=O)c1cc(C)ccc1Cl.COC(=O)c1cc(C)ccc1N.COC(=O)c1cc(CBr)ccc1Cl.COc1cc2c(c(OC)c1OC)-c1ccc(SC)c(=O)cc1[C@@H](N)CC2.COc1cc2c(c(OC)c1OC)-c1ccc(SC)c(=O)cc1[C@@H](NC(=O)c1cc(CCl)ccc1Cl)CC2.O.O=C(Cl)c1cc(CCl)ccc1Cl.O=C(O)c1cc(CO)ccc1Cl.O=S(Cl)Cl.[Li+].[OH-]. The minimum Gasteiger partial charge on any atom is -0.870 e. The molecule has 0 heterocycles. The average molecular weight is 2120 g/mol. The number of benzene rings is 8. The summed E-state index contributed by atoms with van der Waals surface area (Å²) in [6, 6.07) is 44.2. The van der Waals surface area contributed by atoms with Crippen molar-refractivity contribution in [1.29, 1.82) is 0 Å². The van der Waals surface area contributed by atoms with E-state index in [0.29, 0.717) is 133 Å². The number of rotatable bonds is 19. The number of aryl methyl sites for hydroxylation is 4. The molecule has 0 spiro atoms. The minimum absolute atomic E-state index is 0. The van der Waals surface area contributed by atoms with Crippen molar-refractivity contribution >= 4 is 204 Å². The van der Waals surface area contributed by atoms with Crippen molar-refractivity contribution in [3.63, 3.8) is 0 Å². The fraction of sp³-hybridized carbons (Fsp3) is 0.253. The Bertz CT molecular complexity index is 5670. The first-order chi connectivity index (χ1) is 60.9. The molecule has 10 aromatic rings. The fourth-order valence-corrected chi connectivity index (χ4v) is 15.4. The van der Waals surface area contributed by atoms with Crippen LogP contribution in [0, 0.1) is 13.8 Å². The number of halogens is 11. The van der Waals surface area contributed by atoms with Crippen LogP contribution in [0.5, 0.6) is 34.5 Å². The molecule has 25 nitrogen and oxygen atoms in total. The van der Waals surface area contributed by atoms with Gasteiger partial charge in [0.15, 0.2) is 33.9 Å². The predicted molar refractivity (Wildman–Crippen MR) is 525 cm³/mol. The number of ether oxygens (including phenoxy) is 9. The van der Waals surface area contributed by atoms with E-state index >= 15 is 0 Å². The van der Waals surface area contributed by atoms with Crippen LogP contribution in [-0.4, -0.2) is 137 Å². The topological polar surface area (TPSA) is 403 Å². The molecule has 0 fully saturated rings. The van der Waals surface area contributed by atoms with E-state index in [1.807, 2.05) is 74.9 Å². The van der Waals surface area contributed by atoms with E-state index in [-0.39, 0.29) is 75.7 Å². The van der Waals surface area contributed by atoms with Crippen LogP contribution in [0.1, 0.15) is 143 Å².